The molecule has 0 aliphatic carbocycles. The van der Waals surface area contributed by atoms with Crippen LogP contribution in [0.4, 0.5) is 0 Å². The predicted molar refractivity (Wildman–Crippen MR) is 124 cm³/mol. The van der Waals surface area contributed by atoms with Crippen LogP contribution in [0.5, 0.6) is 11.5 Å². The molecule has 0 spiro atoms. The first-order valence-corrected chi connectivity index (χ1v) is 11.5. The van der Waals surface area contributed by atoms with Crippen LogP contribution in [0.15, 0.2) is 23.2 Å². The number of guanidine groups is 1. The molecule has 2 aliphatic rings. The van der Waals surface area contributed by atoms with Gasteiger partial charge in [-0.2, -0.15) is 0 Å². The van der Waals surface area contributed by atoms with E-state index in [0.29, 0.717) is 23.6 Å². The zero-order valence-corrected chi connectivity index (χ0v) is 19.5. The number of nitrogens with zero attached hydrogens (tertiary/aromatic N) is 4. The number of likely N-dealkylation sites (tertiary alicyclic amines) is 1. The second kappa shape index (κ2) is 11.9. The van der Waals surface area contributed by atoms with E-state index in [4.69, 9.17) is 9.47 Å². The zero-order valence-electron chi connectivity index (χ0n) is 19.5. The van der Waals surface area contributed by atoms with Gasteiger partial charge >= 0.3 is 0 Å². The number of benzene rings is 1. The Kier molecular flexibility index (Phi) is 8.99. The molecular weight excluding hydrogens is 410 g/mol. The summed E-state index contributed by atoms with van der Waals surface area (Å²) >= 11 is 0. The van der Waals surface area contributed by atoms with E-state index in [2.05, 4.69) is 20.1 Å². The summed E-state index contributed by atoms with van der Waals surface area (Å²) in [5.74, 6) is 2.29. The van der Waals surface area contributed by atoms with Gasteiger partial charge in [0.25, 0.3) is 0 Å². The van der Waals surface area contributed by atoms with Crippen molar-refractivity contribution in [3.63, 3.8) is 0 Å². The molecule has 178 valence electrons. The molecule has 1 aromatic rings. The van der Waals surface area contributed by atoms with E-state index in [-0.39, 0.29) is 12.5 Å². The Hall–Kier alpha value is -2.52. The van der Waals surface area contributed by atoms with Crippen LogP contribution in [0.3, 0.4) is 0 Å². The lowest BCUT2D eigenvalue weighted by atomic mass is 10.1. The fraction of sp³-hybridized carbons (Fsp3) is 0.652. The van der Waals surface area contributed by atoms with Gasteiger partial charge in [-0.05, 0) is 37.5 Å². The van der Waals surface area contributed by atoms with Gasteiger partial charge in [-0.1, -0.05) is 0 Å². The largest absolute Gasteiger partial charge is 0.497 e. The van der Waals surface area contributed by atoms with Crippen LogP contribution < -0.4 is 14.8 Å². The van der Waals surface area contributed by atoms with Crippen molar-refractivity contribution in [2.24, 2.45) is 4.99 Å². The molecule has 2 N–H and O–H groups in total. The number of rotatable bonds is 8. The third kappa shape index (κ3) is 6.49. The average Bonchev–Trinajstić information content (AvgIpc) is 3.37. The lowest BCUT2D eigenvalue weighted by Gasteiger charge is -2.36. The molecule has 2 aliphatic heterocycles. The Bertz CT molecular complexity index is 751. The SMILES string of the molecule is CCNC(=NCC(O)c1cc(OC)cc(OC)c1)N1CCN(CC(=O)N2CCCC2)CC1. The number of aliphatic hydroxyl groups excluding tert-OH is 1. The topological polar surface area (TPSA) is 89.9 Å². The van der Waals surface area contributed by atoms with Crippen LogP contribution >= 0.6 is 0 Å². The number of amides is 1. The quantitative estimate of drug-likeness (QED) is 0.453. The summed E-state index contributed by atoms with van der Waals surface area (Å²) in [5, 5.41) is 14.0. The maximum Gasteiger partial charge on any atom is 0.236 e. The summed E-state index contributed by atoms with van der Waals surface area (Å²) in [4.78, 5) is 23.5. The van der Waals surface area contributed by atoms with Gasteiger partial charge in [0.2, 0.25) is 5.91 Å². The molecule has 0 bridgehead atoms. The number of nitrogens with one attached hydrogen (secondary N) is 1. The minimum absolute atomic E-state index is 0.228. The number of ether oxygens (including phenoxy) is 2. The maximum absolute atomic E-state index is 12.4. The second-order valence-electron chi connectivity index (χ2n) is 8.21. The molecule has 1 amide bonds. The van der Waals surface area contributed by atoms with E-state index in [1.165, 1.54) is 0 Å². The molecule has 3 rings (SSSR count). The lowest BCUT2D eigenvalue weighted by molar-refractivity contribution is -0.131. The smallest absolute Gasteiger partial charge is 0.236 e. The molecule has 1 unspecified atom stereocenters. The van der Waals surface area contributed by atoms with Crippen molar-refractivity contribution in [1.29, 1.82) is 0 Å². The van der Waals surface area contributed by atoms with Crippen molar-refractivity contribution in [2.45, 2.75) is 25.9 Å². The lowest BCUT2D eigenvalue weighted by Crippen LogP contribution is -2.54. The number of hydrogen-bond acceptors (Lipinski definition) is 6. The number of carbonyl (C=O) groups is 1. The van der Waals surface area contributed by atoms with E-state index >= 15 is 0 Å². The van der Waals surface area contributed by atoms with E-state index in [9.17, 15) is 9.90 Å². The van der Waals surface area contributed by atoms with E-state index in [0.717, 1.165) is 64.6 Å². The molecule has 2 saturated heterocycles. The minimum atomic E-state index is -0.771. The first-order valence-electron chi connectivity index (χ1n) is 11.5. The Labute approximate surface area is 191 Å². The van der Waals surface area contributed by atoms with Crippen LogP contribution in [-0.2, 0) is 4.79 Å². The number of piperazine rings is 1. The third-order valence-electron chi connectivity index (χ3n) is 6.00. The van der Waals surface area contributed by atoms with Crippen molar-refractivity contribution in [3.8, 4) is 11.5 Å². The molecule has 2 fully saturated rings. The summed E-state index contributed by atoms with van der Waals surface area (Å²) in [5.41, 5.74) is 0.700. The number of aliphatic hydroxyl groups is 1. The van der Waals surface area contributed by atoms with Gasteiger partial charge in [0, 0.05) is 51.9 Å². The van der Waals surface area contributed by atoms with Gasteiger partial charge in [0.1, 0.15) is 11.5 Å². The maximum atomic E-state index is 12.4. The normalized spacial score (nSPS) is 18.6. The van der Waals surface area contributed by atoms with Crippen LogP contribution in [0, 0.1) is 0 Å². The van der Waals surface area contributed by atoms with Gasteiger partial charge in [0.15, 0.2) is 5.96 Å². The minimum Gasteiger partial charge on any atom is -0.497 e. The first kappa shape index (κ1) is 24.1. The van der Waals surface area contributed by atoms with Crippen molar-refractivity contribution in [1.82, 2.24) is 20.0 Å². The highest BCUT2D eigenvalue weighted by molar-refractivity contribution is 5.80. The molecule has 2 heterocycles. The van der Waals surface area contributed by atoms with Crippen molar-refractivity contribution in [2.75, 3.05) is 73.1 Å². The fourth-order valence-corrected chi connectivity index (χ4v) is 4.10. The highest BCUT2D eigenvalue weighted by atomic mass is 16.5. The van der Waals surface area contributed by atoms with Crippen LogP contribution in [0.1, 0.15) is 31.4 Å². The highest BCUT2D eigenvalue weighted by Gasteiger charge is 2.24. The van der Waals surface area contributed by atoms with Crippen LogP contribution in [0.25, 0.3) is 0 Å². The van der Waals surface area contributed by atoms with Gasteiger partial charge in [-0.3, -0.25) is 14.7 Å². The average molecular weight is 448 g/mol. The van der Waals surface area contributed by atoms with Gasteiger partial charge in [-0.25, -0.2) is 0 Å². The van der Waals surface area contributed by atoms with Gasteiger partial charge in [-0.15, -0.1) is 0 Å². The molecule has 1 atom stereocenters. The summed E-state index contributed by atoms with van der Waals surface area (Å²) in [7, 11) is 3.18. The Morgan fingerprint density at radius 2 is 1.66 bits per heavy atom. The first-order chi connectivity index (χ1) is 15.5. The number of hydrogen-bond donors (Lipinski definition) is 2. The second-order valence-corrected chi connectivity index (χ2v) is 8.21. The monoisotopic (exact) mass is 447 g/mol. The molecule has 1 aromatic carbocycles. The molecule has 0 aromatic heterocycles. The summed E-state index contributed by atoms with van der Waals surface area (Å²) < 4.78 is 10.6. The van der Waals surface area contributed by atoms with Crippen LogP contribution in [0.2, 0.25) is 0 Å². The van der Waals surface area contributed by atoms with E-state index < -0.39 is 6.10 Å². The molecule has 9 heteroatoms. The van der Waals surface area contributed by atoms with Crippen molar-refractivity contribution >= 4 is 11.9 Å². The molecular formula is C23H37N5O4. The van der Waals surface area contributed by atoms with E-state index in [1.54, 1.807) is 32.4 Å². The number of carbonyl (C=O) groups excluding carboxylic acids is 1. The molecule has 0 saturated carbocycles. The Balaban J connectivity index is 1.56. The fourth-order valence-electron chi connectivity index (χ4n) is 4.10. The van der Waals surface area contributed by atoms with Crippen molar-refractivity contribution in [3.05, 3.63) is 23.8 Å². The summed E-state index contributed by atoms with van der Waals surface area (Å²) in [6.45, 7) is 8.53. The molecule has 32 heavy (non-hydrogen) atoms. The summed E-state index contributed by atoms with van der Waals surface area (Å²) in [6.07, 6.45) is 1.47. The zero-order chi connectivity index (χ0) is 22.9. The number of aliphatic imine (C=N–C) groups is 1. The number of methoxy groups -OCH3 is 2. The molecule has 0 radical (unpaired) electrons. The van der Waals surface area contributed by atoms with Crippen molar-refractivity contribution < 1.29 is 19.4 Å². The highest BCUT2D eigenvalue weighted by Crippen LogP contribution is 2.26. The molecule has 9 nitrogen and oxygen atoms in total. The third-order valence-corrected chi connectivity index (χ3v) is 6.00. The standard InChI is InChI=1S/C23H37N5O4/c1-4-24-23(25-16-21(29)18-13-19(31-2)15-20(14-18)32-3)28-11-9-26(10-12-28)17-22(30)27-7-5-6-8-27/h13-15,21,29H,4-12,16-17H2,1-3H3,(H,24,25). The Morgan fingerprint density at radius 1 is 1.03 bits per heavy atom. The van der Waals surface area contributed by atoms with Crippen LogP contribution in [-0.4, -0.2) is 105 Å². The Morgan fingerprint density at radius 3 is 2.22 bits per heavy atom. The van der Waals surface area contributed by atoms with Gasteiger partial charge in [0.05, 0.1) is 33.4 Å². The van der Waals surface area contributed by atoms with E-state index in [1.807, 2.05) is 11.8 Å². The van der Waals surface area contributed by atoms with Gasteiger partial charge < -0.3 is 29.7 Å². The summed E-state index contributed by atoms with van der Waals surface area (Å²) in [6, 6.07) is 5.37. The predicted octanol–water partition coefficient (Wildman–Crippen LogP) is 0.943.